The minimum absolute atomic E-state index is 0.533. The Kier molecular flexibility index (Phi) is 3.04. The van der Waals surface area contributed by atoms with Gasteiger partial charge in [0.2, 0.25) is 0 Å². The van der Waals surface area contributed by atoms with Gasteiger partial charge in [-0.25, -0.2) is 9.97 Å². The predicted molar refractivity (Wildman–Crippen MR) is 72.4 cm³/mol. The molecule has 2 aromatic rings. The molecule has 0 bridgehead atoms. The van der Waals surface area contributed by atoms with Crippen LogP contribution in [0.2, 0.25) is 0 Å². The van der Waals surface area contributed by atoms with Gasteiger partial charge in [0, 0.05) is 18.3 Å². The molecule has 1 aliphatic carbocycles. The van der Waals surface area contributed by atoms with Crippen molar-refractivity contribution in [3.05, 3.63) is 24.2 Å². The quantitative estimate of drug-likeness (QED) is 0.879. The molecule has 0 aliphatic heterocycles. The fourth-order valence-electron chi connectivity index (χ4n) is 2.23. The molecule has 1 aliphatic rings. The first-order valence-electron chi connectivity index (χ1n) is 6.84. The maximum Gasteiger partial charge on any atom is 0.160 e. The molecule has 2 heterocycles. The largest absolute Gasteiger partial charge is 0.309 e. The lowest BCUT2D eigenvalue weighted by Crippen LogP contribution is -2.26. The van der Waals surface area contributed by atoms with Crippen molar-refractivity contribution >= 4 is 11.2 Å². The highest BCUT2D eigenvalue weighted by Crippen LogP contribution is 2.38. The highest BCUT2D eigenvalue weighted by molar-refractivity contribution is 5.71. The van der Waals surface area contributed by atoms with Crippen molar-refractivity contribution in [2.45, 2.75) is 51.7 Å². The van der Waals surface area contributed by atoms with Gasteiger partial charge in [-0.2, -0.15) is 0 Å². The topological polar surface area (TPSA) is 42.7 Å². The van der Waals surface area contributed by atoms with E-state index in [1.807, 2.05) is 18.3 Å². The Balaban J connectivity index is 1.92. The molecule has 0 radical (unpaired) electrons. The van der Waals surface area contributed by atoms with Crippen LogP contribution < -0.4 is 5.32 Å². The van der Waals surface area contributed by atoms with E-state index in [0.29, 0.717) is 12.1 Å². The van der Waals surface area contributed by atoms with Gasteiger partial charge in [0.25, 0.3) is 0 Å². The number of aromatic nitrogens is 3. The molecular formula is C14H20N4. The lowest BCUT2D eigenvalue weighted by atomic mass is 10.2. The standard InChI is InChI=1S/C14H20N4/c1-3-10(2)16-9-13-17-12-5-4-8-15-14(12)18(13)11-6-7-11/h4-5,8,10-11,16H,3,6-7,9H2,1-2H3. The van der Waals surface area contributed by atoms with Crippen molar-refractivity contribution < 1.29 is 0 Å². The van der Waals surface area contributed by atoms with Gasteiger partial charge in [0.1, 0.15) is 11.3 Å². The summed E-state index contributed by atoms with van der Waals surface area (Å²) in [6.45, 7) is 5.24. The van der Waals surface area contributed by atoms with Gasteiger partial charge in [0.15, 0.2) is 5.65 Å². The van der Waals surface area contributed by atoms with Crippen molar-refractivity contribution in [1.82, 2.24) is 19.9 Å². The number of hydrogen-bond donors (Lipinski definition) is 1. The van der Waals surface area contributed by atoms with Crippen molar-refractivity contribution in [2.24, 2.45) is 0 Å². The summed E-state index contributed by atoms with van der Waals surface area (Å²) in [6.07, 6.45) is 5.52. The molecule has 1 fully saturated rings. The molecule has 1 unspecified atom stereocenters. The first kappa shape index (κ1) is 11.7. The summed E-state index contributed by atoms with van der Waals surface area (Å²) >= 11 is 0. The summed E-state index contributed by atoms with van der Waals surface area (Å²) in [6, 6.07) is 5.16. The van der Waals surface area contributed by atoms with Crippen LogP contribution in [0.5, 0.6) is 0 Å². The van der Waals surface area contributed by atoms with Gasteiger partial charge < -0.3 is 9.88 Å². The molecule has 0 aromatic carbocycles. The Morgan fingerprint density at radius 3 is 3.06 bits per heavy atom. The van der Waals surface area contributed by atoms with E-state index in [4.69, 9.17) is 4.98 Å². The number of pyridine rings is 1. The van der Waals surface area contributed by atoms with E-state index >= 15 is 0 Å². The molecule has 0 amide bonds. The fraction of sp³-hybridized carbons (Fsp3) is 0.571. The van der Waals surface area contributed by atoms with Crippen LogP contribution in [0.25, 0.3) is 11.2 Å². The van der Waals surface area contributed by atoms with Gasteiger partial charge in [0.05, 0.1) is 6.54 Å². The van der Waals surface area contributed by atoms with E-state index in [2.05, 4.69) is 28.7 Å². The van der Waals surface area contributed by atoms with Crippen LogP contribution in [-0.4, -0.2) is 20.6 Å². The van der Waals surface area contributed by atoms with Crippen LogP contribution in [0.1, 0.15) is 45.0 Å². The van der Waals surface area contributed by atoms with Crippen molar-refractivity contribution in [3.8, 4) is 0 Å². The van der Waals surface area contributed by atoms with Crippen LogP contribution in [0, 0.1) is 0 Å². The highest BCUT2D eigenvalue weighted by Gasteiger charge is 2.28. The van der Waals surface area contributed by atoms with E-state index in [1.165, 1.54) is 12.8 Å². The van der Waals surface area contributed by atoms with Crippen LogP contribution >= 0.6 is 0 Å². The molecule has 4 nitrogen and oxygen atoms in total. The Labute approximate surface area is 107 Å². The fourth-order valence-corrected chi connectivity index (χ4v) is 2.23. The maximum atomic E-state index is 4.72. The van der Waals surface area contributed by atoms with E-state index in [0.717, 1.165) is 30.0 Å². The number of nitrogens with one attached hydrogen (secondary N) is 1. The first-order chi connectivity index (χ1) is 8.79. The van der Waals surface area contributed by atoms with Crippen LogP contribution in [-0.2, 0) is 6.54 Å². The lowest BCUT2D eigenvalue weighted by Gasteiger charge is -2.12. The summed E-state index contributed by atoms with van der Waals surface area (Å²) in [5.41, 5.74) is 2.06. The van der Waals surface area contributed by atoms with Gasteiger partial charge in [-0.3, -0.25) is 0 Å². The van der Waals surface area contributed by atoms with Gasteiger partial charge in [-0.1, -0.05) is 6.92 Å². The predicted octanol–water partition coefficient (Wildman–Crippen LogP) is 2.65. The second-order valence-electron chi connectivity index (χ2n) is 5.17. The molecule has 4 heteroatoms. The summed E-state index contributed by atoms with van der Waals surface area (Å²) < 4.78 is 2.32. The second-order valence-corrected chi connectivity index (χ2v) is 5.17. The number of hydrogen-bond acceptors (Lipinski definition) is 3. The minimum atomic E-state index is 0.533. The monoisotopic (exact) mass is 244 g/mol. The van der Waals surface area contributed by atoms with E-state index in [-0.39, 0.29) is 0 Å². The van der Waals surface area contributed by atoms with Crippen LogP contribution in [0.15, 0.2) is 18.3 Å². The zero-order valence-electron chi connectivity index (χ0n) is 11.1. The normalized spacial score (nSPS) is 17.2. The number of imidazole rings is 1. The first-order valence-corrected chi connectivity index (χ1v) is 6.84. The molecule has 1 saturated carbocycles. The summed E-state index contributed by atoms with van der Waals surface area (Å²) in [5.74, 6) is 1.13. The van der Waals surface area contributed by atoms with Crippen LogP contribution in [0.4, 0.5) is 0 Å². The zero-order valence-corrected chi connectivity index (χ0v) is 11.1. The third kappa shape index (κ3) is 2.12. The summed E-state index contributed by atoms with van der Waals surface area (Å²) in [5, 5.41) is 3.52. The van der Waals surface area contributed by atoms with E-state index in [1.54, 1.807) is 0 Å². The average Bonchev–Trinajstić information content (AvgIpc) is 3.16. The molecule has 1 atom stereocenters. The molecule has 18 heavy (non-hydrogen) atoms. The van der Waals surface area contributed by atoms with Crippen LogP contribution in [0.3, 0.4) is 0 Å². The lowest BCUT2D eigenvalue weighted by molar-refractivity contribution is 0.510. The second kappa shape index (κ2) is 4.69. The minimum Gasteiger partial charge on any atom is -0.309 e. The van der Waals surface area contributed by atoms with Gasteiger partial charge in [-0.15, -0.1) is 0 Å². The maximum absolute atomic E-state index is 4.72. The Hall–Kier alpha value is -1.42. The Morgan fingerprint density at radius 1 is 1.50 bits per heavy atom. The number of nitrogens with zero attached hydrogens (tertiary/aromatic N) is 3. The van der Waals surface area contributed by atoms with E-state index in [9.17, 15) is 0 Å². The highest BCUT2D eigenvalue weighted by atomic mass is 15.2. The van der Waals surface area contributed by atoms with Gasteiger partial charge in [-0.05, 0) is 38.3 Å². The van der Waals surface area contributed by atoms with Crippen molar-refractivity contribution in [1.29, 1.82) is 0 Å². The molecule has 0 spiro atoms. The SMILES string of the molecule is CCC(C)NCc1nc2cccnc2n1C1CC1. The summed E-state index contributed by atoms with van der Waals surface area (Å²) in [7, 11) is 0. The van der Waals surface area contributed by atoms with E-state index < -0.39 is 0 Å². The third-order valence-electron chi connectivity index (χ3n) is 3.65. The zero-order chi connectivity index (χ0) is 12.5. The summed E-state index contributed by atoms with van der Waals surface area (Å²) in [4.78, 5) is 9.20. The number of fused-ring (bicyclic) bond motifs is 1. The third-order valence-corrected chi connectivity index (χ3v) is 3.65. The van der Waals surface area contributed by atoms with Crippen molar-refractivity contribution in [2.75, 3.05) is 0 Å². The molecule has 3 rings (SSSR count). The van der Waals surface area contributed by atoms with Gasteiger partial charge >= 0.3 is 0 Å². The molecule has 0 saturated heterocycles. The molecular weight excluding hydrogens is 224 g/mol. The molecule has 96 valence electrons. The number of rotatable bonds is 5. The smallest absolute Gasteiger partial charge is 0.160 e. The molecule has 2 aromatic heterocycles. The Bertz CT molecular complexity index is 542. The molecule has 1 N–H and O–H groups in total. The Morgan fingerprint density at radius 2 is 2.33 bits per heavy atom. The average molecular weight is 244 g/mol. The van der Waals surface area contributed by atoms with Crippen molar-refractivity contribution in [3.63, 3.8) is 0 Å².